The SMILES string of the molecule is CC(NCC1(Sc2ccccc2)CCCC1)C(N)=O. The van der Waals surface area contributed by atoms with Crippen LogP contribution in [0.3, 0.4) is 0 Å². The molecule has 1 atom stereocenters. The summed E-state index contributed by atoms with van der Waals surface area (Å²) in [6.45, 7) is 2.68. The largest absolute Gasteiger partial charge is 0.368 e. The Morgan fingerprint density at radius 2 is 2.00 bits per heavy atom. The van der Waals surface area contributed by atoms with E-state index in [-0.39, 0.29) is 16.7 Å². The molecule has 1 aromatic rings. The van der Waals surface area contributed by atoms with E-state index in [1.54, 1.807) is 0 Å². The molecule has 0 saturated heterocycles. The third-order valence-corrected chi connectivity index (χ3v) is 5.24. The highest BCUT2D eigenvalue weighted by Gasteiger charge is 2.35. The molecule has 0 bridgehead atoms. The van der Waals surface area contributed by atoms with Gasteiger partial charge in [-0.05, 0) is 31.9 Å². The van der Waals surface area contributed by atoms with Gasteiger partial charge in [-0.1, -0.05) is 31.0 Å². The number of hydrogen-bond donors (Lipinski definition) is 2. The standard InChI is InChI=1S/C15H22N2OS/c1-12(14(16)18)17-11-15(9-5-6-10-15)19-13-7-3-2-4-8-13/h2-4,7-8,12,17H,5-6,9-11H2,1H3,(H2,16,18). The molecule has 3 nitrogen and oxygen atoms in total. The first-order chi connectivity index (χ1) is 9.11. The van der Waals surface area contributed by atoms with Gasteiger partial charge in [0.15, 0.2) is 0 Å². The number of primary amides is 1. The second-order valence-corrected chi connectivity index (χ2v) is 6.85. The van der Waals surface area contributed by atoms with Crippen LogP contribution >= 0.6 is 11.8 Å². The Morgan fingerprint density at radius 1 is 1.37 bits per heavy atom. The van der Waals surface area contributed by atoms with Gasteiger partial charge in [-0.2, -0.15) is 0 Å². The fraction of sp³-hybridized carbons (Fsp3) is 0.533. The Balaban J connectivity index is 2.00. The molecule has 104 valence electrons. The first-order valence-corrected chi connectivity index (χ1v) is 7.70. The van der Waals surface area contributed by atoms with Crippen molar-refractivity contribution in [3.05, 3.63) is 30.3 Å². The predicted octanol–water partition coefficient (Wildman–Crippen LogP) is 2.55. The molecule has 1 aromatic carbocycles. The summed E-state index contributed by atoms with van der Waals surface area (Å²) in [6, 6.07) is 10.2. The van der Waals surface area contributed by atoms with E-state index in [0.29, 0.717) is 0 Å². The van der Waals surface area contributed by atoms with Crippen molar-refractivity contribution in [2.24, 2.45) is 5.73 Å². The van der Waals surface area contributed by atoms with Gasteiger partial charge < -0.3 is 11.1 Å². The van der Waals surface area contributed by atoms with E-state index >= 15 is 0 Å². The molecule has 0 spiro atoms. The monoisotopic (exact) mass is 278 g/mol. The number of carbonyl (C=O) groups excluding carboxylic acids is 1. The zero-order chi connectivity index (χ0) is 13.7. The van der Waals surface area contributed by atoms with Crippen LogP contribution in [-0.4, -0.2) is 23.2 Å². The summed E-state index contributed by atoms with van der Waals surface area (Å²) < 4.78 is 0.213. The van der Waals surface area contributed by atoms with Crippen molar-refractivity contribution in [1.29, 1.82) is 0 Å². The van der Waals surface area contributed by atoms with Gasteiger partial charge >= 0.3 is 0 Å². The molecule has 1 aliphatic carbocycles. The van der Waals surface area contributed by atoms with Crippen LogP contribution in [-0.2, 0) is 4.79 Å². The molecule has 1 fully saturated rings. The molecule has 0 aromatic heterocycles. The first-order valence-electron chi connectivity index (χ1n) is 6.88. The highest BCUT2D eigenvalue weighted by atomic mass is 32.2. The summed E-state index contributed by atoms with van der Waals surface area (Å²) in [6.07, 6.45) is 4.94. The molecule has 19 heavy (non-hydrogen) atoms. The van der Waals surface area contributed by atoms with Crippen LogP contribution < -0.4 is 11.1 Å². The molecule has 0 radical (unpaired) electrons. The number of thioether (sulfide) groups is 1. The van der Waals surface area contributed by atoms with E-state index in [1.807, 2.05) is 24.8 Å². The lowest BCUT2D eigenvalue weighted by atomic mass is 10.1. The molecule has 1 amide bonds. The Bertz CT molecular complexity index is 415. The van der Waals surface area contributed by atoms with E-state index < -0.39 is 0 Å². The lowest BCUT2D eigenvalue weighted by molar-refractivity contribution is -0.119. The summed E-state index contributed by atoms with van der Waals surface area (Å²) >= 11 is 1.94. The maximum absolute atomic E-state index is 11.1. The number of hydrogen-bond acceptors (Lipinski definition) is 3. The third kappa shape index (κ3) is 3.98. The van der Waals surface area contributed by atoms with E-state index in [4.69, 9.17) is 5.73 Å². The van der Waals surface area contributed by atoms with Crippen LogP contribution in [0.2, 0.25) is 0 Å². The Labute approximate surface area is 119 Å². The zero-order valence-electron chi connectivity index (χ0n) is 11.4. The minimum Gasteiger partial charge on any atom is -0.368 e. The van der Waals surface area contributed by atoms with Gasteiger partial charge in [-0.15, -0.1) is 11.8 Å². The number of nitrogens with one attached hydrogen (secondary N) is 1. The second-order valence-electron chi connectivity index (χ2n) is 5.31. The van der Waals surface area contributed by atoms with E-state index in [1.165, 1.54) is 30.6 Å². The number of amides is 1. The highest BCUT2D eigenvalue weighted by Crippen LogP contribution is 2.44. The summed E-state index contributed by atoms with van der Waals surface area (Å²) in [5.74, 6) is -0.280. The second kappa shape index (κ2) is 6.44. The van der Waals surface area contributed by atoms with Crippen molar-refractivity contribution in [2.75, 3.05) is 6.54 Å². The molecule has 1 unspecified atom stereocenters. The topological polar surface area (TPSA) is 55.1 Å². The van der Waals surface area contributed by atoms with Crippen molar-refractivity contribution in [1.82, 2.24) is 5.32 Å². The Hall–Kier alpha value is -1.00. The summed E-state index contributed by atoms with van der Waals surface area (Å²) in [7, 11) is 0. The molecular formula is C15H22N2OS. The molecule has 0 aliphatic heterocycles. The molecule has 1 saturated carbocycles. The van der Waals surface area contributed by atoms with Crippen LogP contribution in [0, 0.1) is 0 Å². The maximum atomic E-state index is 11.1. The minimum absolute atomic E-state index is 0.213. The van der Waals surface area contributed by atoms with Crippen molar-refractivity contribution >= 4 is 17.7 Å². The van der Waals surface area contributed by atoms with E-state index in [9.17, 15) is 4.79 Å². The smallest absolute Gasteiger partial charge is 0.234 e. The number of nitrogens with two attached hydrogens (primary N) is 1. The molecule has 2 rings (SSSR count). The van der Waals surface area contributed by atoms with Crippen LogP contribution in [0.15, 0.2) is 35.2 Å². The van der Waals surface area contributed by atoms with Crippen molar-refractivity contribution < 1.29 is 4.79 Å². The molecular weight excluding hydrogens is 256 g/mol. The predicted molar refractivity (Wildman–Crippen MR) is 80.2 cm³/mol. The van der Waals surface area contributed by atoms with E-state index in [0.717, 1.165) is 6.54 Å². The molecule has 1 aliphatic rings. The Morgan fingerprint density at radius 3 is 2.58 bits per heavy atom. The highest BCUT2D eigenvalue weighted by molar-refractivity contribution is 8.00. The summed E-state index contributed by atoms with van der Waals surface area (Å²) in [5, 5.41) is 3.29. The molecule has 3 N–H and O–H groups in total. The van der Waals surface area contributed by atoms with Crippen molar-refractivity contribution in [3.8, 4) is 0 Å². The van der Waals surface area contributed by atoms with Gasteiger partial charge in [0.25, 0.3) is 0 Å². The first kappa shape index (κ1) is 14.4. The Kier molecular flexibility index (Phi) is 4.88. The average Bonchev–Trinajstić information content (AvgIpc) is 2.86. The lowest BCUT2D eigenvalue weighted by Crippen LogP contribution is -2.45. The zero-order valence-corrected chi connectivity index (χ0v) is 12.2. The van der Waals surface area contributed by atoms with Gasteiger partial charge in [0, 0.05) is 16.2 Å². The van der Waals surface area contributed by atoms with Crippen LogP contribution in [0.5, 0.6) is 0 Å². The summed E-state index contributed by atoms with van der Waals surface area (Å²) in [5.41, 5.74) is 5.31. The van der Waals surface area contributed by atoms with Gasteiger partial charge in [0.2, 0.25) is 5.91 Å². The van der Waals surface area contributed by atoms with Crippen LogP contribution in [0.25, 0.3) is 0 Å². The number of carbonyl (C=O) groups is 1. The van der Waals surface area contributed by atoms with Gasteiger partial charge in [0.1, 0.15) is 0 Å². The van der Waals surface area contributed by atoms with Crippen molar-refractivity contribution in [3.63, 3.8) is 0 Å². The fourth-order valence-corrected chi connectivity index (χ4v) is 3.95. The fourth-order valence-electron chi connectivity index (χ4n) is 2.51. The molecule has 4 heteroatoms. The number of benzene rings is 1. The normalized spacial score (nSPS) is 19.2. The maximum Gasteiger partial charge on any atom is 0.234 e. The minimum atomic E-state index is -0.280. The quantitative estimate of drug-likeness (QED) is 0.841. The van der Waals surface area contributed by atoms with Crippen LogP contribution in [0.4, 0.5) is 0 Å². The average molecular weight is 278 g/mol. The lowest BCUT2D eigenvalue weighted by Gasteiger charge is -2.30. The van der Waals surface area contributed by atoms with Crippen molar-refractivity contribution in [2.45, 2.75) is 48.3 Å². The van der Waals surface area contributed by atoms with E-state index in [2.05, 4.69) is 29.6 Å². The van der Waals surface area contributed by atoms with Gasteiger partial charge in [-0.3, -0.25) is 4.79 Å². The van der Waals surface area contributed by atoms with Gasteiger partial charge in [0.05, 0.1) is 6.04 Å². The third-order valence-electron chi connectivity index (χ3n) is 3.75. The molecule has 0 heterocycles. The van der Waals surface area contributed by atoms with Gasteiger partial charge in [-0.25, -0.2) is 0 Å². The van der Waals surface area contributed by atoms with Crippen LogP contribution in [0.1, 0.15) is 32.6 Å². The summed E-state index contributed by atoms with van der Waals surface area (Å²) in [4.78, 5) is 12.4. The number of rotatable bonds is 6.